The van der Waals surface area contributed by atoms with Crippen molar-refractivity contribution in [3.63, 3.8) is 0 Å². The van der Waals surface area contributed by atoms with Crippen molar-refractivity contribution in [3.8, 4) is 0 Å². The van der Waals surface area contributed by atoms with Gasteiger partial charge < -0.3 is 0 Å². The highest BCUT2D eigenvalue weighted by atomic mass is 35.5. The summed E-state index contributed by atoms with van der Waals surface area (Å²) in [5.41, 5.74) is 0.988. The Morgan fingerprint density at radius 1 is 0.706 bits per heavy atom. The van der Waals surface area contributed by atoms with Crippen LogP contribution in [-0.4, -0.2) is 13.0 Å². The Bertz CT molecular complexity index is 1520. The van der Waals surface area contributed by atoms with Crippen LogP contribution in [0.1, 0.15) is 23.2 Å². The molecule has 0 spiro atoms. The molecule has 5 rings (SSSR count). The number of sulfonamides is 1. The predicted molar refractivity (Wildman–Crippen MR) is 131 cm³/mol. The lowest BCUT2D eigenvalue weighted by atomic mass is 9.94. The van der Waals surface area contributed by atoms with Crippen LogP contribution in [0.3, 0.4) is 0 Å². The Kier molecular flexibility index (Phi) is 5.72. The molecule has 0 unspecified atom stereocenters. The summed E-state index contributed by atoms with van der Waals surface area (Å²) in [5.74, 6) is -0.345. The summed E-state index contributed by atoms with van der Waals surface area (Å²) in [4.78, 5) is 13.0. The maximum Gasteiger partial charge on any atom is 0.266 e. The minimum absolute atomic E-state index is 0.0903. The molecule has 3 aromatic carbocycles. The highest BCUT2D eigenvalue weighted by molar-refractivity contribution is 7.92. The van der Waals surface area contributed by atoms with Crippen LogP contribution in [0.15, 0.2) is 101 Å². The maximum atomic E-state index is 13.9. The van der Waals surface area contributed by atoms with Gasteiger partial charge in [0.1, 0.15) is 11.6 Å². The molecule has 34 heavy (non-hydrogen) atoms. The van der Waals surface area contributed by atoms with Crippen molar-refractivity contribution in [2.75, 3.05) is 4.31 Å². The fourth-order valence-corrected chi connectivity index (χ4v) is 6.21. The zero-order valence-corrected chi connectivity index (χ0v) is 19.8. The van der Waals surface area contributed by atoms with Crippen LogP contribution in [0.2, 0.25) is 10.0 Å². The third kappa shape index (κ3) is 3.79. The molecule has 1 aliphatic rings. The van der Waals surface area contributed by atoms with Crippen LogP contribution in [0, 0.1) is 5.82 Å². The Hall–Kier alpha value is -3.13. The number of anilines is 1. The van der Waals surface area contributed by atoms with Crippen molar-refractivity contribution in [1.82, 2.24) is 4.57 Å². The summed E-state index contributed by atoms with van der Waals surface area (Å²) in [5, 5.41) is 1.01. The van der Waals surface area contributed by atoms with Gasteiger partial charge in [-0.2, -0.15) is 0 Å². The fraction of sp³-hybridized carbons (Fsp3) is 0.0800. The third-order valence-corrected chi connectivity index (χ3v) is 8.12. The molecule has 1 aliphatic heterocycles. The summed E-state index contributed by atoms with van der Waals surface area (Å²) >= 11 is 12.2. The maximum absolute atomic E-state index is 13.9. The zero-order valence-electron chi connectivity index (χ0n) is 17.5. The van der Waals surface area contributed by atoms with Crippen LogP contribution >= 0.6 is 23.2 Å². The minimum atomic E-state index is -4.19. The second kappa shape index (κ2) is 8.58. The molecule has 0 radical (unpaired) electrons. The topological polar surface area (TPSA) is 59.4 Å². The van der Waals surface area contributed by atoms with Crippen LogP contribution in [0.25, 0.3) is 0 Å². The first-order chi connectivity index (χ1) is 16.3. The number of halogens is 3. The van der Waals surface area contributed by atoms with E-state index in [0.29, 0.717) is 21.2 Å². The van der Waals surface area contributed by atoms with Gasteiger partial charge in [0, 0.05) is 16.1 Å². The quantitative estimate of drug-likeness (QED) is 0.344. The predicted octanol–water partition coefficient (Wildman–Crippen LogP) is 5.83. The summed E-state index contributed by atoms with van der Waals surface area (Å²) < 4.78 is 44.1. The summed E-state index contributed by atoms with van der Waals surface area (Å²) in [7, 11) is -4.19. The van der Waals surface area contributed by atoms with Gasteiger partial charge in [0.25, 0.3) is 15.6 Å². The van der Waals surface area contributed by atoms with Crippen LogP contribution in [-0.2, 0) is 10.0 Å². The average molecular weight is 515 g/mol. The van der Waals surface area contributed by atoms with E-state index >= 15 is 0 Å². The number of rotatable bonds is 4. The van der Waals surface area contributed by atoms with Gasteiger partial charge in [-0.05, 0) is 65.7 Å². The highest BCUT2D eigenvalue weighted by Crippen LogP contribution is 2.49. The van der Waals surface area contributed by atoms with Crippen molar-refractivity contribution >= 4 is 39.0 Å². The van der Waals surface area contributed by atoms with E-state index in [2.05, 4.69) is 0 Å². The van der Waals surface area contributed by atoms with Crippen molar-refractivity contribution in [3.05, 3.63) is 128 Å². The minimum Gasteiger partial charge on any atom is -0.284 e. The van der Waals surface area contributed by atoms with Crippen molar-refractivity contribution in [2.45, 2.75) is 17.0 Å². The monoisotopic (exact) mass is 514 g/mol. The molecule has 0 N–H and O–H groups in total. The SMILES string of the molecule is O=c1cccc2n1[C@@H](c1ccc(Cl)cc1)[C@@H](c1ccc(Cl)cc1)N2S(=O)(=O)c1ccc(F)cc1. The van der Waals surface area contributed by atoms with E-state index in [1.807, 2.05) is 0 Å². The molecular weight excluding hydrogens is 498 g/mol. The molecule has 2 heterocycles. The molecule has 2 atom stereocenters. The first-order valence-corrected chi connectivity index (χ1v) is 12.5. The van der Waals surface area contributed by atoms with E-state index in [1.165, 1.54) is 33.1 Å². The zero-order chi connectivity index (χ0) is 24.0. The largest absolute Gasteiger partial charge is 0.284 e. The van der Waals surface area contributed by atoms with E-state index in [0.717, 1.165) is 12.1 Å². The lowest BCUT2D eigenvalue weighted by molar-refractivity contribution is 0.529. The number of hydrogen-bond acceptors (Lipinski definition) is 3. The molecule has 172 valence electrons. The van der Waals surface area contributed by atoms with Crippen molar-refractivity contribution in [1.29, 1.82) is 0 Å². The molecule has 0 bridgehead atoms. The summed E-state index contributed by atoms with van der Waals surface area (Å²) in [6.45, 7) is 0. The van der Waals surface area contributed by atoms with Gasteiger partial charge in [0.15, 0.2) is 0 Å². The first kappa shape index (κ1) is 22.7. The normalized spacial score (nSPS) is 17.6. The first-order valence-electron chi connectivity index (χ1n) is 10.3. The van der Waals surface area contributed by atoms with E-state index in [-0.39, 0.29) is 16.3 Å². The Morgan fingerprint density at radius 3 is 1.79 bits per heavy atom. The summed E-state index contributed by atoms with van der Waals surface area (Å²) in [6, 6.07) is 21.3. The number of aromatic nitrogens is 1. The highest BCUT2D eigenvalue weighted by Gasteiger charge is 2.46. The molecule has 0 fully saturated rings. The Balaban J connectivity index is 1.81. The van der Waals surface area contributed by atoms with E-state index < -0.39 is 27.9 Å². The van der Waals surface area contributed by atoms with E-state index in [4.69, 9.17) is 23.2 Å². The molecule has 9 heteroatoms. The van der Waals surface area contributed by atoms with E-state index in [1.54, 1.807) is 54.6 Å². The van der Waals surface area contributed by atoms with Crippen LogP contribution in [0.4, 0.5) is 10.2 Å². The molecule has 5 nitrogen and oxygen atoms in total. The fourth-order valence-electron chi connectivity index (χ4n) is 4.32. The number of hydrogen-bond donors (Lipinski definition) is 0. The lowest BCUT2D eigenvalue weighted by Crippen LogP contribution is -2.33. The van der Waals surface area contributed by atoms with Crippen LogP contribution in [0.5, 0.6) is 0 Å². The molecular formula is C25H17Cl2FN2O3S. The number of pyridine rings is 1. The van der Waals surface area contributed by atoms with Gasteiger partial charge in [-0.1, -0.05) is 53.5 Å². The van der Waals surface area contributed by atoms with Crippen molar-refractivity contribution in [2.24, 2.45) is 0 Å². The average Bonchev–Trinajstić information content (AvgIpc) is 3.18. The third-order valence-electron chi connectivity index (χ3n) is 5.82. The van der Waals surface area contributed by atoms with E-state index in [9.17, 15) is 17.6 Å². The van der Waals surface area contributed by atoms with Crippen molar-refractivity contribution < 1.29 is 12.8 Å². The number of benzene rings is 3. The van der Waals surface area contributed by atoms with Gasteiger partial charge in [0.05, 0.1) is 17.0 Å². The molecule has 4 aromatic rings. The Labute approximate surface area is 205 Å². The molecule has 0 amide bonds. The smallest absolute Gasteiger partial charge is 0.266 e. The van der Waals surface area contributed by atoms with Gasteiger partial charge in [-0.15, -0.1) is 0 Å². The lowest BCUT2D eigenvalue weighted by Gasteiger charge is -2.29. The Morgan fingerprint density at radius 2 is 1.24 bits per heavy atom. The van der Waals surface area contributed by atoms with Gasteiger partial charge in [0.2, 0.25) is 0 Å². The second-order valence-corrected chi connectivity index (χ2v) is 10.5. The summed E-state index contributed by atoms with van der Waals surface area (Å²) in [6.07, 6.45) is 0. The molecule has 0 saturated carbocycles. The van der Waals surface area contributed by atoms with Gasteiger partial charge in [-0.25, -0.2) is 17.1 Å². The number of nitrogens with zero attached hydrogens (tertiary/aromatic N) is 2. The van der Waals surface area contributed by atoms with Crippen LogP contribution < -0.4 is 9.86 Å². The molecule has 1 aromatic heterocycles. The second-order valence-electron chi connectivity index (χ2n) is 7.84. The molecule has 0 aliphatic carbocycles. The molecule has 0 saturated heterocycles. The van der Waals surface area contributed by atoms with Gasteiger partial charge >= 0.3 is 0 Å². The van der Waals surface area contributed by atoms with Gasteiger partial charge in [-0.3, -0.25) is 9.36 Å². The standard InChI is InChI=1S/C25H17Cl2FN2O3S/c26-18-8-4-16(5-9-18)24-25(17-6-10-19(27)11-7-17)30(22-2-1-3-23(31)29(22)24)34(32,33)21-14-12-20(28)13-15-21/h1-15,24-25H/t24-,25+/m0/s1. The number of fused-ring (bicyclic) bond motifs is 1.